The van der Waals surface area contributed by atoms with Gasteiger partial charge in [-0.3, -0.25) is 50.0 Å². The molecule has 0 unspecified atom stereocenters. The highest BCUT2D eigenvalue weighted by Crippen LogP contribution is 2.32. The highest BCUT2D eigenvalue weighted by molar-refractivity contribution is 5.97. The molecule has 0 saturated carbocycles. The Balaban J connectivity index is 1.81. The van der Waals surface area contributed by atoms with Crippen molar-refractivity contribution in [1.82, 2.24) is 10.6 Å². The van der Waals surface area contributed by atoms with Crippen LogP contribution >= 0.6 is 0 Å². The number of nitrogens with one attached hydrogen (secondary N) is 2. The molecule has 0 radical (unpaired) electrons. The van der Waals surface area contributed by atoms with E-state index >= 15 is 0 Å². The monoisotopic (exact) mass is 600 g/mol. The first-order valence-electron chi connectivity index (χ1n) is 12.5. The van der Waals surface area contributed by atoms with Gasteiger partial charge in [0.05, 0.1) is 55.0 Å². The van der Waals surface area contributed by atoms with Gasteiger partial charge in [-0.1, -0.05) is 60.7 Å². The topological polar surface area (TPSA) is 231 Å². The summed E-state index contributed by atoms with van der Waals surface area (Å²) in [5.74, 6) is -1.90. The SMILES string of the molecule is O=C(N[C@H](c1ccccc1)[C@H](NC(=O)c1cc([N+](=O)[O-])cc([N+](=O)[O-])c1)c1ccccc1)c1cc([N+](=O)[O-])cc([N+](=O)[O-])c1. The molecule has 0 aromatic heterocycles. The van der Waals surface area contributed by atoms with E-state index in [9.17, 15) is 50.0 Å². The summed E-state index contributed by atoms with van der Waals surface area (Å²) < 4.78 is 0. The summed E-state index contributed by atoms with van der Waals surface area (Å²) in [5, 5.41) is 50.9. The van der Waals surface area contributed by atoms with Crippen molar-refractivity contribution in [2.75, 3.05) is 0 Å². The molecule has 0 bridgehead atoms. The summed E-state index contributed by atoms with van der Waals surface area (Å²) in [6.07, 6.45) is 0. The fourth-order valence-electron chi connectivity index (χ4n) is 4.36. The van der Waals surface area contributed by atoms with Crippen LogP contribution in [0.4, 0.5) is 22.7 Å². The summed E-state index contributed by atoms with van der Waals surface area (Å²) in [5.41, 5.74) is -2.72. The number of nitro groups is 4. The van der Waals surface area contributed by atoms with E-state index in [4.69, 9.17) is 0 Å². The molecule has 0 saturated heterocycles. The van der Waals surface area contributed by atoms with E-state index in [1.54, 1.807) is 60.7 Å². The van der Waals surface area contributed by atoms with Gasteiger partial charge in [0.2, 0.25) is 0 Å². The van der Waals surface area contributed by atoms with Crippen LogP contribution in [0.25, 0.3) is 0 Å². The first-order valence-corrected chi connectivity index (χ1v) is 12.5. The quantitative estimate of drug-likeness (QED) is 0.173. The Labute approximate surface area is 246 Å². The van der Waals surface area contributed by atoms with Crippen molar-refractivity contribution in [2.24, 2.45) is 0 Å². The van der Waals surface area contributed by atoms with E-state index in [2.05, 4.69) is 10.6 Å². The van der Waals surface area contributed by atoms with Crippen molar-refractivity contribution < 1.29 is 29.3 Å². The average Bonchev–Trinajstić information content (AvgIpc) is 3.02. The maximum absolute atomic E-state index is 13.5. The van der Waals surface area contributed by atoms with Crippen molar-refractivity contribution in [3.05, 3.63) is 160 Å². The van der Waals surface area contributed by atoms with E-state index in [1.807, 2.05) is 0 Å². The molecule has 0 aliphatic heterocycles. The number of carbonyl (C=O) groups excluding carboxylic acids is 2. The summed E-state index contributed by atoms with van der Waals surface area (Å²) in [4.78, 5) is 69.0. The zero-order valence-corrected chi connectivity index (χ0v) is 22.3. The van der Waals surface area contributed by atoms with E-state index in [1.165, 1.54) is 0 Å². The molecule has 0 aliphatic rings. The number of hydrogen-bond acceptors (Lipinski definition) is 10. The highest BCUT2D eigenvalue weighted by atomic mass is 16.6. The Morgan fingerprint density at radius 2 is 0.750 bits per heavy atom. The number of benzene rings is 4. The van der Waals surface area contributed by atoms with Gasteiger partial charge in [0, 0.05) is 24.3 Å². The van der Waals surface area contributed by atoms with Crippen LogP contribution in [0.3, 0.4) is 0 Å². The second-order valence-electron chi connectivity index (χ2n) is 9.23. The molecule has 2 amide bonds. The largest absolute Gasteiger partial charge is 0.343 e. The van der Waals surface area contributed by atoms with Crippen LogP contribution < -0.4 is 10.6 Å². The fourth-order valence-corrected chi connectivity index (χ4v) is 4.36. The molecule has 2 atom stereocenters. The maximum atomic E-state index is 13.5. The van der Waals surface area contributed by atoms with Crippen LogP contribution in [0.15, 0.2) is 97.1 Å². The first kappa shape index (κ1) is 30.4. The van der Waals surface area contributed by atoms with Crippen LogP contribution in [-0.4, -0.2) is 31.5 Å². The molecule has 0 fully saturated rings. The molecule has 16 heteroatoms. The second-order valence-corrected chi connectivity index (χ2v) is 9.23. The van der Waals surface area contributed by atoms with Gasteiger partial charge in [-0.2, -0.15) is 0 Å². The van der Waals surface area contributed by atoms with E-state index in [0.717, 1.165) is 24.3 Å². The summed E-state index contributed by atoms with van der Waals surface area (Å²) in [6.45, 7) is 0. The molecule has 0 aliphatic carbocycles. The van der Waals surface area contributed by atoms with Gasteiger partial charge >= 0.3 is 0 Å². The number of nitrogens with zero attached hydrogens (tertiary/aromatic N) is 4. The first-order chi connectivity index (χ1) is 20.9. The van der Waals surface area contributed by atoms with Gasteiger partial charge in [0.1, 0.15) is 0 Å². The van der Waals surface area contributed by atoms with Crippen molar-refractivity contribution >= 4 is 34.6 Å². The molecule has 222 valence electrons. The molecule has 44 heavy (non-hydrogen) atoms. The zero-order valence-electron chi connectivity index (χ0n) is 22.3. The summed E-state index contributed by atoms with van der Waals surface area (Å²) >= 11 is 0. The van der Waals surface area contributed by atoms with Crippen LogP contribution in [0.5, 0.6) is 0 Å². The Morgan fingerprint density at radius 1 is 0.477 bits per heavy atom. The van der Waals surface area contributed by atoms with Gasteiger partial charge in [0.15, 0.2) is 0 Å². The molecule has 0 heterocycles. The normalized spacial score (nSPS) is 11.9. The number of rotatable bonds is 11. The Hall–Kier alpha value is -6.58. The Kier molecular flexibility index (Phi) is 8.94. The van der Waals surface area contributed by atoms with Crippen LogP contribution in [0.2, 0.25) is 0 Å². The van der Waals surface area contributed by atoms with Gasteiger partial charge < -0.3 is 10.6 Å². The van der Waals surface area contributed by atoms with Crippen molar-refractivity contribution in [3.63, 3.8) is 0 Å². The summed E-state index contributed by atoms with van der Waals surface area (Å²) in [6, 6.07) is 19.0. The molecule has 2 N–H and O–H groups in total. The molecular formula is C28H20N6O10. The van der Waals surface area contributed by atoms with Crippen LogP contribution in [0.1, 0.15) is 43.9 Å². The van der Waals surface area contributed by atoms with E-state index < -0.39 is 77.5 Å². The predicted molar refractivity (Wildman–Crippen MR) is 153 cm³/mol. The lowest BCUT2D eigenvalue weighted by Crippen LogP contribution is -2.41. The number of amides is 2. The lowest BCUT2D eigenvalue weighted by atomic mass is 9.92. The highest BCUT2D eigenvalue weighted by Gasteiger charge is 2.31. The third-order valence-electron chi connectivity index (χ3n) is 6.40. The smallest absolute Gasteiger partial charge is 0.277 e. The van der Waals surface area contributed by atoms with E-state index in [0.29, 0.717) is 23.3 Å². The van der Waals surface area contributed by atoms with Crippen molar-refractivity contribution in [2.45, 2.75) is 12.1 Å². The molecular weight excluding hydrogens is 580 g/mol. The second kappa shape index (κ2) is 12.9. The lowest BCUT2D eigenvalue weighted by molar-refractivity contribution is -0.394. The minimum Gasteiger partial charge on any atom is -0.343 e. The van der Waals surface area contributed by atoms with Crippen LogP contribution in [-0.2, 0) is 0 Å². The zero-order chi connectivity index (χ0) is 32.0. The molecule has 4 rings (SSSR count). The van der Waals surface area contributed by atoms with Gasteiger partial charge in [-0.05, 0) is 11.1 Å². The lowest BCUT2D eigenvalue weighted by Gasteiger charge is -2.30. The number of hydrogen-bond donors (Lipinski definition) is 2. The van der Waals surface area contributed by atoms with Crippen molar-refractivity contribution in [1.29, 1.82) is 0 Å². The number of carbonyl (C=O) groups is 2. The average molecular weight is 601 g/mol. The summed E-state index contributed by atoms with van der Waals surface area (Å²) in [7, 11) is 0. The molecule has 16 nitrogen and oxygen atoms in total. The van der Waals surface area contributed by atoms with Crippen molar-refractivity contribution in [3.8, 4) is 0 Å². The maximum Gasteiger partial charge on any atom is 0.277 e. The van der Waals surface area contributed by atoms with E-state index in [-0.39, 0.29) is 0 Å². The molecule has 0 spiro atoms. The minimum atomic E-state index is -1.12. The van der Waals surface area contributed by atoms with Gasteiger partial charge in [-0.15, -0.1) is 0 Å². The Bertz CT molecular complexity index is 1590. The molecule has 4 aromatic carbocycles. The number of non-ortho nitro benzene ring substituents is 4. The van der Waals surface area contributed by atoms with Gasteiger partial charge in [0.25, 0.3) is 34.6 Å². The van der Waals surface area contributed by atoms with Gasteiger partial charge in [-0.25, -0.2) is 0 Å². The third kappa shape index (κ3) is 7.00. The standard InChI is InChI=1S/C28H20N6O10/c35-27(19-11-21(31(37)38)15-22(12-19)32(39)40)29-25(17-7-3-1-4-8-17)26(18-9-5-2-6-10-18)30-28(36)20-13-23(33(41)42)16-24(14-20)34(43)44/h1-16,25-26H,(H,29,35)(H,30,36)/t25-,26-/m1/s1. The number of nitro benzene ring substituents is 4. The fraction of sp³-hybridized carbons (Fsp3) is 0.0714. The molecule has 4 aromatic rings. The third-order valence-corrected chi connectivity index (χ3v) is 6.40. The Morgan fingerprint density at radius 3 is 1.00 bits per heavy atom. The predicted octanol–water partition coefficient (Wildman–Crippen LogP) is 4.96. The minimum absolute atomic E-state index is 0.403. The van der Waals surface area contributed by atoms with Crippen LogP contribution in [0, 0.1) is 40.5 Å².